The molecular formula is C65H112O5. The Morgan fingerprint density at radius 3 is 1.07 bits per heavy atom. The highest BCUT2D eigenvalue weighted by Crippen LogP contribution is 2.15. The summed E-state index contributed by atoms with van der Waals surface area (Å²) in [5, 5.41) is 0. The quantitative estimate of drug-likeness (QED) is 0.0345. The number of hydrogen-bond acceptors (Lipinski definition) is 5. The van der Waals surface area contributed by atoms with Crippen molar-refractivity contribution in [1.82, 2.24) is 0 Å². The van der Waals surface area contributed by atoms with Crippen LogP contribution in [0.5, 0.6) is 0 Å². The van der Waals surface area contributed by atoms with E-state index in [1.807, 2.05) is 0 Å². The molecule has 0 rings (SSSR count). The zero-order valence-electron chi connectivity index (χ0n) is 46.3. The fourth-order valence-electron chi connectivity index (χ4n) is 8.15. The summed E-state index contributed by atoms with van der Waals surface area (Å²) >= 11 is 0. The van der Waals surface area contributed by atoms with Crippen LogP contribution in [0.3, 0.4) is 0 Å². The lowest BCUT2D eigenvalue weighted by molar-refractivity contribution is -0.163. The van der Waals surface area contributed by atoms with Crippen molar-refractivity contribution in [1.29, 1.82) is 0 Å². The maximum Gasteiger partial charge on any atom is 0.306 e. The van der Waals surface area contributed by atoms with E-state index in [2.05, 4.69) is 118 Å². The minimum absolute atomic E-state index is 0.0644. The summed E-state index contributed by atoms with van der Waals surface area (Å²) < 4.78 is 17.5. The van der Waals surface area contributed by atoms with E-state index in [1.165, 1.54) is 148 Å². The number of rotatable bonds is 54. The Balaban J connectivity index is 4.34. The SMILES string of the molecule is CC/C=C\C/C=C\C/C=C\C/C=C\C/C=C\CCCCCCOCC(COC(=O)CCCCCCCCCCC/C=C\CCCCCCCC)OC(=O)CCCCCCC/C=C\C/C=C\CCCCC. The van der Waals surface area contributed by atoms with Crippen molar-refractivity contribution in [2.75, 3.05) is 19.8 Å². The summed E-state index contributed by atoms with van der Waals surface area (Å²) in [7, 11) is 0. The number of allylic oxidation sites excluding steroid dienone is 16. The van der Waals surface area contributed by atoms with E-state index < -0.39 is 6.10 Å². The van der Waals surface area contributed by atoms with E-state index >= 15 is 0 Å². The Morgan fingerprint density at radius 2 is 0.643 bits per heavy atom. The number of carbonyl (C=O) groups excluding carboxylic acids is 2. The van der Waals surface area contributed by atoms with Crippen LogP contribution in [0.25, 0.3) is 0 Å². The van der Waals surface area contributed by atoms with Gasteiger partial charge in [-0.1, -0.05) is 240 Å². The molecule has 0 saturated carbocycles. The molecule has 0 aromatic heterocycles. The van der Waals surface area contributed by atoms with Gasteiger partial charge in [0.15, 0.2) is 6.10 Å². The number of unbranched alkanes of at least 4 members (excludes halogenated alkanes) is 27. The highest BCUT2D eigenvalue weighted by atomic mass is 16.6. The van der Waals surface area contributed by atoms with Crippen LogP contribution < -0.4 is 0 Å². The molecule has 0 aliphatic carbocycles. The molecule has 70 heavy (non-hydrogen) atoms. The molecule has 0 saturated heterocycles. The van der Waals surface area contributed by atoms with Crippen molar-refractivity contribution in [3.8, 4) is 0 Å². The normalized spacial score (nSPS) is 12.9. The first kappa shape index (κ1) is 66.8. The van der Waals surface area contributed by atoms with Gasteiger partial charge in [0.05, 0.1) is 6.61 Å². The maximum atomic E-state index is 12.9. The number of ether oxygens (including phenoxy) is 3. The van der Waals surface area contributed by atoms with Gasteiger partial charge in [-0.3, -0.25) is 9.59 Å². The third-order valence-corrected chi connectivity index (χ3v) is 12.6. The van der Waals surface area contributed by atoms with Crippen molar-refractivity contribution in [2.45, 2.75) is 284 Å². The molecule has 0 bridgehead atoms. The molecule has 402 valence electrons. The van der Waals surface area contributed by atoms with Crippen LogP contribution in [-0.4, -0.2) is 37.9 Å². The lowest BCUT2D eigenvalue weighted by Crippen LogP contribution is -2.30. The maximum absolute atomic E-state index is 12.9. The summed E-state index contributed by atoms with van der Waals surface area (Å²) in [5.74, 6) is -0.427. The molecule has 0 radical (unpaired) electrons. The monoisotopic (exact) mass is 973 g/mol. The van der Waals surface area contributed by atoms with E-state index in [9.17, 15) is 9.59 Å². The Labute approximate surface area is 434 Å². The van der Waals surface area contributed by atoms with Gasteiger partial charge < -0.3 is 14.2 Å². The molecule has 1 unspecified atom stereocenters. The van der Waals surface area contributed by atoms with Crippen molar-refractivity contribution < 1.29 is 23.8 Å². The van der Waals surface area contributed by atoms with E-state index in [0.717, 1.165) is 96.3 Å². The third-order valence-electron chi connectivity index (χ3n) is 12.6. The van der Waals surface area contributed by atoms with Gasteiger partial charge in [-0.2, -0.15) is 0 Å². The number of carbonyl (C=O) groups is 2. The zero-order chi connectivity index (χ0) is 50.6. The van der Waals surface area contributed by atoms with Gasteiger partial charge >= 0.3 is 11.9 Å². The molecule has 0 heterocycles. The second kappa shape index (κ2) is 60.1. The van der Waals surface area contributed by atoms with Crippen molar-refractivity contribution >= 4 is 11.9 Å². The summed E-state index contributed by atoms with van der Waals surface area (Å²) in [6.07, 6.45) is 81.4. The van der Waals surface area contributed by atoms with Crippen molar-refractivity contribution in [3.05, 3.63) is 97.2 Å². The molecule has 0 aromatic rings. The molecule has 5 heteroatoms. The van der Waals surface area contributed by atoms with E-state index in [-0.39, 0.29) is 25.2 Å². The summed E-state index contributed by atoms with van der Waals surface area (Å²) in [4.78, 5) is 25.6. The van der Waals surface area contributed by atoms with Crippen LogP contribution in [0.2, 0.25) is 0 Å². The molecule has 0 aliphatic heterocycles. The summed E-state index contributed by atoms with van der Waals surface area (Å²) in [5.41, 5.74) is 0. The molecular weight excluding hydrogens is 861 g/mol. The molecule has 0 aromatic carbocycles. The lowest BCUT2D eigenvalue weighted by Gasteiger charge is -2.18. The van der Waals surface area contributed by atoms with Crippen LogP contribution in [0.4, 0.5) is 0 Å². The number of esters is 2. The second-order valence-corrected chi connectivity index (χ2v) is 19.5. The highest BCUT2D eigenvalue weighted by molar-refractivity contribution is 5.70. The van der Waals surface area contributed by atoms with E-state index in [1.54, 1.807) is 0 Å². The van der Waals surface area contributed by atoms with Crippen molar-refractivity contribution in [3.63, 3.8) is 0 Å². The van der Waals surface area contributed by atoms with Crippen LogP contribution >= 0.6 is 0 Å². The van der Waals surface area contributed by atoms with Crippen molar-refractivity contribution in [2.24, 2.45) is 0 Å². The predicted molar refractivity (Wildman–Crippen MR) is 306 cm³/mol. The topological polar surface area (TPSA) is 61.8 Å². The standard InChI is InChI=1S/C65H112O5/c1-4-7-10-13-16-19-22-25-28-30-32-34-36-39-42-45-48-51-54-57-60-68-61-63(70-65(67)59-56-53-50-47-44-41-37-27-24-21-18-15-12-9-6-3)62-69-64(66)58-55-52-49-46-43-40-38-35-33-31-29-26-23-20-17-14-11-8-5-2/h7,10,16,18-19,21,25-29,32,34,37,39,42,63H,4-6,8-9,11-15,17,20,22-24,30-31,33,35-36,38,40-41,43-62H2,1-3H3/b10-7-,19-16-,21-18-,28-25-,29-26-,34-32-,37-27-,42-39-. The average Bonchev–Trinajstić information content (AvgIpc) is 3.36. The van der Waals surface area contributed by atoms with Crippen LogP contribution in [-0.2, 0) is 23.8 Å². The van der Waals surface area contributed by atoms with Gasteiger partial charge in [0.1, 0.15) is 6.61 Å². The summed E-state index contributed by atoms with van der Waals surface area (Å²) in [6, 6.07) is 0. The molecule has 0 aliphatic rings. The minimum atomic E-state index is -0.564. The largest absolute Gasteiger partial charge is 0.462 e. The van der Waals surface area contributed by atoms with Gasteiger partial charge in [-0.05, 0) is 122 Å². The molecule has 0 spiro atoms. The van der Waals surface area contributed by atoms with Gasteiger partial charge in [0.2, 0.25) is 0 Å². The Bertz CT molecular complexity index is 1330. The first-order chi connectivity index (χ1) is 34.6. The van der Waals surface area contributed by atoms with Gasteiger partial charge in [-0.25, -0.2) is 0 Å². The van der Waals surface area contributed by atoms with Gasteiger partial charge in [0, 0.05) is 19.4 Å². The van der Waals surface area contributed by atoms with Crippen LogP contribution in [0.15, 0.2) is 97.2 Å². The van der Waals surface area contributed by atoms with Crippen LogP contribution in [0, 0.1) is 0 Å². The first-order valence-corrected chi connectivity index (χ1v) is 29.8. The zero-order valence-corrected chi connectivity index (χ0v) is 46.3. The molecule has 0 N–H and O–H groups in total. The average molecular weight is 974 g/mol. The fourth-order valence-corrected chi connectivity index (χ4v) is 8.15. The lowest BCUT2D eigenvalue weighted by atomic mass is 10.1. The summed E-state index contributed by atoms with van der Waals surface area (Å²) in [6.45, 7) is 7.63. The molecule has 5 nitrogen and oxygen atoms in total. The minimum Gasteiger partial charge on any atom is -0.462 e. The fraction of sp³-hybridized carbons (Fsp3) is 0.723. The molecule has 1 atom stereocenters. The highest BCUT2D eigenvalue weighted by Gasteiger charge is 2.17. The van der Waals surface area contributed by atoms with Gasteiger partial charge in [0.25, 0.3) is 0 Å². The van der Waals surface area contributed by atoms with E-state index in [4.69, 9.17) is 14.2 Å². The molecule has 0 amide bonds. The number of hydrogen-bond donors (Lipinski definition) is 0. The van der Waals surface area contributed by atoms with Gasteiger partial charge in [-0.15, -0.1) is 0 Å². The Morgan fingerprint density at radius 1 is 0.329 bits per heavy atom. The molecule has 0 fully saturated rings. The van der Waals surface area contributed by atoms with E-state index in [0.29, 0.717) is 19.4 Å². The first-order valence-electron chi connectivity index (χ1n) is 29.8. The third kappa shape index (κ3) is 57.4. The Hall–Kier alpha value is -3.18. The smallest absolute Gasteiger partial charge is 0.306 e. The Kier molecular flexibility index (Phi) is 57.4. The predicted octanol–water partition coefficient (Wildman–Crippen LogP) is 20.6. The second-order valence-electron chi connectivity index (χ2n) is 19.5. The van der Waals surface area contributed by atoms with Crippen LogP contribution in [0.1, 0.15) is 278 Å².